The van der Waals surface area contributed by atoms with Gasteiger partial charge in [-0.3, -0.25) is 4.90 Å². The zero-order chi connectivity index (χ0) is 10.3. The number of hydrogen-bond donors (Lipinski definition) is 0. The Labute approximate surface area is 99.6 Å². The minimum atomic E-state index is 0.428. The lowest BCUT2D eigenvalue weighted by Gasteiger charge is -2.27. The molecule has 1 aliphatic heterocycles. The molecule has 3 rings (SSSR count). The summed E-state index contributed by atoms with van der Waals surface area (Å²) in [6, 6.07) is 8.92. The summed E-state index contributed by atoms with van der Waals surface area (Å²) in [6.07, 6.45) is 5.49. The molecule has 1 aliphatic carbocycles. The molecule has 2 aliphatic rings. The maximum atomic E-state index is 3.50. The number of hydrogen-bond acceptors (Lipinski definition) is 1. The Morgan fingerprint density at radius 1 is 1.00 bits per heavy atom. The lowest BCUT2D eigenvalue weighted by molar-refractivity contribution is 0.223. The molecule has 0 bridgehead atoms. The van der Waals surface area contributed by atoms with E-state index in [0.29, 0.717) is 5.54 Å². The predicted molar refractivity (Wildman–Crippen MR) is 65.9 cm³/mol. The first-order chi connectivity index (χ1) is 7.31. The lowest BCUT2D eigenvalue weighted by atomic mass is 10.0. The Balaban J connectivity index is 1.89. The highest BCUT2D eigenvalue weighted by atomic mass is 79.9. The minimum Gasteiger partial charge on any atom is -0.294 e. The van der Waals surface area contributed by atoms with Gasteiger partial charge in [0.25, 0.3) is 0 Å². The molecule has 2 heteroatoms. The summed E-state index contributed by atoms with van der Waals surface area (Å²) in [5.41, 5.74) is 1.95. The van der Waals surface area contributed by atoms with E-state index in [1.807, 2.05) is 0 Å². The van der Waals surface area contributed by atoms with E-state index >= 15 is 0 Å². The van der Waals surface area contributed by atoms with Crippen molar-refractivity contribution in [3.63, 3.8) is 0 Å². The van der Waals surface area contributed by atoms with Crippen molar-refractivity contribution in [2.45, 2.75) is 31.2 Å². The number of likely N-dealkylation sites (tertiary alicyclic amines) is 1. The Morgan fingerprint density at radius 2 is 1.60 bits per heavy atom. The third kappa shape index (κ3) is 1.64. The van der Waals surface area contributed by atoms with E-state index in [2.05, 4.69) is 45.1 Å². The van der Waals surface area contributed by atoms with Crippen molar-refractivity contribution in [2.24, 2.45) is 0 Å². The standard InChI is InChI=1S/C13H16BrN/c14-12-5-3-11(4-6-12)13(7-8-13)15-9-1-2-10-15/h3-6H,1-2,7-10H2. The van der Waals surface area contributed by atoms with Crippen LogP contribution in [0.2, 0.25) is 0 Å². The molecule has 1 heterocycles. The van der Waals surface area contributed by atoms with Crippen molar-refractivity contribution in [1.82, 2.24) is 4.90 Å². The van der Waals surface area contributed by atoms with Gasteiger partial charge in [-0.25, -0.2) is 0 Å². The van der Waals surface area contributed by atoms with Crippen LogP contribution in [-0.2, 0) is 5.54 Å². The SMILES string of the molecule is Brc1ccc(C2(N3CCCC3)CC2)cc1. The van der Waals surface area contributed by atoms with Crippen molar-refractivity contribution < 1.29 is 0 Å². The van der Waals surface area contributed by atoms with Gasteiger partial charge in [0.2, 0.25) is 0 Å². The molecule has 1 saturated heterocycles. The number of nitrogens with zero attached hydrogens (tertiary/aromatic N) is 1. The normalized spacial score (nSPS) is 24.3. The van der Waals surface area contributed by atoms with Crippen molar-refractivity contribution in [1.29, 1.82) is 0 Å². The molecule has 0 amide bonds. The van der Waals surface area contributed by atoms with Crippen molar-refractivity contribution in [3.8, 4) is 0 Å². The van der Waals surface area contributed by atoms with E-state index in [1.165, 1.54) is 48.8 Å². The van der Waals surface area contributed by atoms with E-state index < -0.39 is 0 Å². The average molecular weight is 266 g/mol. The van der Waals surface area contributed by atoms with Gasteiger partial charge in [0, 0.05) is 10.0 Å². The van der Waals surface area contributed by atoms with E-state index in [4.69, 9.17) is 0 Å². The van der Waals surface area contributed by atoms with Crippen molar-refractivity contribution >= 4 is 15.9 Å². The van der Waals surface area contributed by atoms with Gasteiger partial charge in [0.15, 0.2) is 0 Å². The Kier molecular flexibility index (Phi) is 2.37. The van der Waals surface area contributed by atoms with Crippen molar-refractivity contribution in [3.05, 3.63) is 34.3 Å². The molecule has 1 aromatic rings. The minimum absolute atomic E-state index is 0.428. The van der Waals surface area contributed by atoms with Gasteiger partial charge < -0.3 is 0 Å². The molecule has 1 aromatic carbocycles. The Hall–Kier alpha value is -0.340. The summed E-state index contributed by atoms with van der Waals surface area (Å²) in [4.78, 5) is 2.69. The molecule has 1 nitrogen and oxygen atoms in total. The molecular formula is C13H16BrN. The number of benzene rings is 1. The molecule has 0 N–H and O–H groups in total. The third-order valence-corrected chi connectivity index (χ3v) is 4.35. The van der Waals surface area contributed by atoms with E-state index in [0.717, 1.165) is 0 Å². The molecule has 0 aromatic heterocycles. The molecular weight excluding hydrogens is 250 g/mol. The van der Waals surface area contributed by atoms with Crippen LogP contribution < -0.4 is 0 Å². The highest BCUT2D eigenvalue weighted by molar-refractivity contribution is 9.10. The maximum Gasteiger partial charge on any atom is 0.0462 e. The summed E-state index contributed by atoms with van der Waals surface area (Å²) in [7, 11) is 0. The summed E-state index contributed by atoms with van der Waals surface area (Å²) < 4.78 is 1.18. The monoisotopic (exact) mass is 265 g/mol. The largest absolute Gasteiger partial charge is 0.294 e. The average Bonchev–Trinajstić information content (AvgIpc) is 2.88. The molecule has 0 radical (unpaired) electrons. The van der Waals surface area contributed by atoms with Crippen LogP contribution in [-0.4, -0.2) is 18.0 Å². The van der Waals surface area contributed by atoms with Gasteiger partial charge in [-0.2, -0.15) is 0 Å². The number of halogens is 1. The second-order valence-electron chi connectivity index (χ2n) is 4.73. The van der Waals surface area contributed by atoms with E-state index in [1.54, 1.807) is 0 Å². The summed E-state index contributed by atoms with van der Waals surface area (Å²) in [6.45, 7) is 2.60. The summed E-state index contributed by atoms with van der Waals surface area (Å²) >= 11 is 3.50. The molecule has 80 valence electrons. The van der Waals surface area contributed by atoms with Gasteiger partial charge in [0.05, 0.1) is 0 Å². The topological polar surface area (TPSA) is 3.24 Å². The quantitative estimate of drug-likeness (QED) is 0.791. The van der Waals surface area contributed by atoms with Crippen molar-refractivity contribution in [2.75, 3.05) is 13.1 Å². The summed E-state index contributed by atoms with van der Waals surface area (Å²) in [5.74, 6) is 0. The van der Waals surface area contributed by atoms with Crippen LogP contribution >= 0.6 is 15.9 Å². The molecule has 0 atom stereocenters. The first kappa shape index (κ1) is 9.86. The van der Waals surface area contributed by atoms with E-state index in [-0.39, 0.29) is 0 Å². The molecule has 2 fully saturated rings. The van der Waals surface area contributed by atoms with Crippen LogP contribution in [0.15, 0.2) is 28.7 Å². The molecule has 1 saturated carbocycles. The summed E-state index contributed by atoms with van der Waals surface area (Å²) in [5, 5.41) is 0. The molecule has 0 unspecified atom stereocenters. The Morgan fingerprint density at radius 3 is 2.13 bits per heavy atom. The maximum absolute atomic E-state index is 3.50. The van der Waals surface area contributed by atoms with Gasteiger partial charge in [-0.15, -0.1) is 0 Å². The molecule has 0 spiro atoms. The van der Waals surface area contributed by atoms with Crippen LogP contribution in [0.1, 0.15) is 31.2 Å². The van der Waals surface area contributed by atoms with Gasteiger partial charge >= 0.3 is 0 Å². The van der Waals surface area contributed by atoms with E-state index in [9.17, 15) is 0 Å². The van der Waals surface area contributed by atoms with Gasteiger partial charge in [0.1, 0.15) is 0 Å². The van der Waals surface area contributed by atoms with Crippen LogP contribution in [0.3, 0.4) is 0 Å². The highest BCUT2D eigenvalue weighted by Gasteiger charge is 2.49. The zero-order valence-corrected chi connectivity index (χ0v) is 10.5. The second-order valence-corrected chi connectivity index (χ2v) is 5.65. The van der Waals surface area contributed by atoms with Crippen LogP contribution in [0.25, 0.3) is 0 Å². The highest BCUT2D eigenvalue weighted by Crippen LogP contribution is 2.52. The predicted octanol–water partition coefficient (Wildman–Crippen LogP) is 3.53. The van der Waals surface area contributed by atoms with Crippen LogP contribution in [0.5, 0.6) is 0 Å². The smallest absolute Gasteiger partial charge is 0.0462 e. The second kappa shape index (κ2) is 3.60. The Bertz CT molecular complexity index is 347. The lowest BCUT2D eigenvalue weighted by Crippen LogP contribution is -2.32. The zero-order valence-electron chi connectivity index (χ0n) is 8.88. The first-order valence-electron chi connectivity index (χ1n) is 5.82. The fourth-order valence-corrected chi connectivity index (χ4v) is 3.08. The first-order valence-corrected chi connectivity index (χ1v) is 6.62. The fraction of sp³-hybridized carbons (Fsp3) is 0.538. The molecule has 15 heavy (non-hydrogen) atoms. The van der Waals surface area contributed by atoms with Crippen LogP contribution in [0.4, 0.5) is 0 Å². The van der Waals surface area contributed by atoms with Gasteiger partial charge in [-0.1, -0.05) is 28.1 Å². The third-order valence-electron chi connectivity index (χ3n) is 3.82. The van der Waals surface area contributed by atoms with Crippen LogP contribution in [0, 0.1) is 0 Å². The fourth-order valence-electron chi connectivity index (χ4n) is 2.81. The number of rotatable bonds is 2. The van der Waals surface area contributed by atoms with Gasteiger partial charge in [-0.05, 0) is 56.5 Å².